The Kier molecular flexibility index (Phi) is 6.39. The Hall–Kier alpha value is -6.16. The number of thiophene rings is 1. The standard InChI is InChI=1S/C46H29NOS/c1-3-11-30(12-4-1)32-21-24-35(25-22-32)47(36-17-9-16-34(29-36)31-13-5-2-6-14-31)39-19-10-20-41-44(39)45-42(49-41)28-27-40-43(45)38-26-23-33-15-7-8-18-37(33)46(38)48-40/h1-29H. The van der Waals surface area contributed by atoms with Gasteiger partial charge in [-0.15, -0.1) is 11.3 Å². The molecular formula is C46H29NOS. The van der Waals surface area contributed by atoms with Crippen LogP contribution in [0, 0.1) is 0 Å². The average molecular weight is 644 g/mol. The second kappa shape index (κ2) is 11.2. The smallest absolute Gasteiger partial charge is 0.143 e. The summed E-state index contributed by atoms with van der Waals surface area (Å²) >= 11 is 1.85. The molecule has 10 rings (SSSR count). The summed E-state index contributed by atoms with van der Waals surface area (Å²) in [6, 6.07) is 63.1. The van der Waals surface area contributed by atoms with E-state index in [1.165, 1.54) is 53.2 Å². The fraction of sp³-hybridized carbons (Fsp3) is 0. The lowest BCUT2D eigenvalue weighted by Crippen LogP contribution is -2.10. The highest BCUT2D eigenvalue weighted by Crippen LogP contribution is 2.49. The van der Waals surface area contributed by atoms with Crippen LogP contribution < -0.4 is 4.90 Å². The molecule has 230 valence electrons. The SMILES string of the molecule is c1ccc(-c2ccc(N(c3cccc(-c4ccccc4)c3)c3cccc4sc5ccc6oc7c8ccccc8ccc7c6c5c34)cc2)cc1. The molecule has 0 saturated carbocycles. The maximum Gasteiger partial charge on any atom is 0.143 e. The zero-order chi connectivity index (χ0) is 32.3. The van der Waals surface area contributed by atoms with Gasteiger partial charge in [-0.2, -0.15) is 0 Å². The molecule has 2 nitrogen and oxygen atoms in total. The average Bonchev–Trinajstić information content (AvgIpc) is 3.75. The summed E-state index contributed by atoms with van der Waals surface area (Å²) in [7, 11) is 0. The Morgan fingerprint density at radius 2 is 1.08 bits per heavy atom. The third-order valence-electron chi connectivity index (χ3n) is 9.65. The molecule has 3 heteroatoms. The van der Waals surface area contributed by atoms with Crippen LogP contribution in [-0.4, -0.2) is 0 Å². The van der Waals surface area contributed by atoms with Crippen LogP contribution in [0.3, 0.4) is 0 Å². The van der Waals surface area contributed by atoms with E-state index in [-0.39, 0.29) is 0 Å². The van der Waals surface area contributed by atoms with Crippen molar-refractivity contribution in [2.75, 3.05) is 4.90 Å². The Morgan fingerprint density at radius 3 is 1.90 bits per heavy atom. The van der Waals surface area contributed by atoms with Crippen LogP contribution in [0.4, 0.5) is 17.1 Å². The predicted octanol–water partition coefficient (Wildman–Crippen LogP) is 13.9. The van der Waals surface area contributed by atoms with Gasteiger partial charge in [0.1, 0.15) is 11.2 Å². The lowest BCUT2D eigenvalue weighted by molar-refractivity contribution is 0.673. The first-order chi connectivity index (χ1) is 24.3. The van der Waals surface area contributed by atoms with Gasteiger partial charge in [-0.05, 0) is 82.2 Å². The zero-order valence-electron chi connectivity index (χ0n) is 26.5. The molecule has 49 heavy (non-hydrogen) atoms. The van der Waals surface area contributed by atoms with Gasteiger partial charge in [-0.25, -0.2) is 0 Å². The van der Waals surface area contributed by atoms with E-state index in [4.69, 9.17) is 4.42 Å². The highest BCUT2D eigenvalue weighted by atomic mass is 32.1. The molecular weight excluding hydrogens is 615 g/mol. The number of rotatable bonds is 5. The van der Waals surface area contributed by atoms with Crippen molar-refractivity contribution in [3.8, 4) is 22.3 Å². The molecule has 10 aromatic rings. The lowest BCUT2D eigenvalue weighted by Gasteiger charge is -2.27. The molecule has 0 unspecified atom stereocenters. The van der Waals surface area contributed by atoms with E-state index in [1.807, 2.05) is 11.3 Å². The fourth-order valence-corrected chi connectivity index (χ4v) is 8.52. The van der Waals surface area contributed by atoms with E-state index < -0.39 is 0 Å². The highest BCUT2D eigenvalue weighted by Gasteiger charge is 2.22. The summed E-state index contributed by atoms with van der Waals surface area (Å²) in [5.41, 5.74) is 9.99. The van der Waals surface area contributed by atoms with Crippen molar-refractivity contribution in [2.45, 2.75) is 0 Å². The first-order valence-corrected chi connectivity index (χ1v) is 17.4. The largest absolute Gasteiger partial charge is 0.455 e. The molecule has 0 saturated heterocycles. The van der Waals surface area contributed by atoms with Crippen molar-refractivity contribution in [3.63, 3.8) is 0 Å². The highest BCUT2D eigenvalue weighted by molar-refractivity contribution is 7.26. The molecule has 0 N–H and O–H groups in total. The third kappa shape index (κ3) is 4.55. The minimum Gasteiger partial charge on any atom is -0.455 e. The van der Waals surface area contributed by atoms with Gasteiger partial charge in [-0.1, -0.05) is 121 Å². The summed E-state index contributed by atoms with van der Waals surface area (Å²) in [4.78, 5) is 2.42. The molecule has 0 radical (unpaired) electrons. The Bertz CT molecular complexity index is 2810. The molecule has 2 heterocycles. The van der Waals surface area contributed by atoms with Gasteiger partial charge < -0.3 is 9.32 Å². The molecule has 8 aromatic carbocycles. The maximum absolute atomic E-state index is 6.67. The number of hydrogen-bond donors (Lipinski definition) is 0. The van der Waals surface area contributed by atoms with Gasteiger partial charge in [0.15, 0.2) is 0 Å². The van der Waals surface area contributed by atoms with Crippen LogP contribution in [0.5, 0.6) is 0 Å². The number of nitrogens with zero attached hydrogens (tertiary/aromatic N) is 1. The molecule has 0 amide bonds. The maximum atomic E-state index is 6.67. The van der Waals surface area contributed by atoms with Crippen LogP contribution >= 0.6 is 11.3 Å². The van der Waals surface area contributed by atoms with Gasteiger partial charge in [0.25, 0.3) is 0 Å². The molecule has 0 aliphatic heterocycles. The van der Waals surface area contributed by atoms with Gasteiger partial charge in [0.2, 0.25) is 0 Å². The molecule has 0 fully saturated rings. The molecule has 0 atom stereocenters. The quantitative estimate of drug-likeness (QED) is 0.186. The summed E-state index contributed by atoms with van der Waals surface area (Å²) in [5, 5.41) is 7.13. The minimum atomic E-state index is 0.915. The Morgan fingerprint density at radius 1 is 0.408 bits per heavy atom. The van der Waals surface area contributed by atoms with E-state index in [0.29, 0.717) is 0 Å². The van der Waals surface area contributed by atoms with Crippen molar-refractivity contribution in [3.05, 3.63) is 176 Å². The second-order valence-electron chi connectivity index (χ2n) is 12.5. The molecule has 2 aromatic heterocycles. The van der Waals surface area contributed by atoms with Crippen LogP contribution in [0.1, 0.15) is 0 Å². The summed E-state index contributed by atoms with van der Waals surface area (Å²) in [5.74, 6) is 0. The van der Waals surface area contributed by atoms with Crippen LogP contribution in [0.25, 0.3) is 75.1 Å². The Labute approximate surface area is 287 Å². The molecule has 0 bridgehead atoms. The summed E-state index contributed by atoms with van der Waals surface area (Å²) in [6.45, 7) is 0. The van der Waals surface area contributed by atoms with Crippen LogP contribution in [0.15, 0.2) is 180 Å². The number of benzene rings is 8. The van der Waals surface area contributed by atoms with Gasteiger partial charge >= 0.3 is 0 Å². The molecule has 0 spiro atoms. The van der Waals surface area contributed by atoms with E-state index in [0.717, 1.165) is 39.0 Å². The monoisotopic (exact) mass is 643 g/mol. The van der Waals surface area contributed by atoms with Gasteiger partial charge in [0, 0.05) is 47.7 Å². The minimum absolute atomic E-state index is 0.915. The first kappa shape index (κ1) is 27.9. The van der Waals surface area contributed by atoms with E-state index in [9.17, 15) is 0 Å². The van der Waals surface area contributed by atoms with Crippen LogP contribution in [-0.2, 0) is 0 Å². The third-order valence-corrected chi connectivity index (χ3v) is 10.8. The second-order valence-corrected chi connectivity index (χ2v) is 13.6. The van der Waals surface area contributed by atoms with E-state index in [1.54, 1.807) is 0 Å². The predicted molar refractivity (Wildman–Crippen MR) is 210 cm³/mol. The summed E-state index contributed by atoms with van der Waals surface area (Å²) in [6.07, 6.45) is 0. The molecule has 0 aliphatic rings. The van der Waals surface area contributed by atoms with Crippen molar-refractivity contribution < 1.29 is 4.42 Å². The number of anilines is 3. The number of hydrogen-bond acceptors (Lipinski definition) is 3. The van der Waals surface area contributed by atoms with Crippen molar-refractivity contribution in [1.29, 1.82) is 0 Å². The first-order valence-electron chi connectivity index (χ1n) is 16.6. The van der Waals surface area contributed by atoms with Crippen LogP contribution in [0.2, 0.25) is 0 Å². The van der Waals surface area contributed by atoms with Crippen molar-refractivity contribution in [2.24, 2.45) is 0 Å². The van der Waals surface area contributed by atoms with E-state index in [2.05, 4.69) is 181 Å². The lowest BCUT2D eigenvalue weighted by atomic mass is 10.0. The van der Waals surface area contributed by atoms with Gasteiger partial charge in [-0.3, -0.25) is 0 Å². The van der Waals surface area contributed by atoms with E-state index >= 15 is 0 Å². The topological polar surface area (TPSA) is 16.4 Å². The molecule has 0 aliphatic carbocycles. The van der Waals surface area contributed by atoms with Crippen molar-refractivity contribution >= 4 is 81.3 Å². The number of furan rings is 1. The fourth-order valence-electron chi connectivity index (χ4n) is 7.39. The zero-order valence-corrected chi connectivity index (χ0v) is 27.3. The summed E-state index contributed by atoms with van der Waals surface area (Å²) < 4.78 is 9.18. The van der Waals surface area contributed by atoms with Crippen molar-refractivity contribution in [1.82, 2.24) is 0 Å². The van der Waals surface area contributed by atoms with Gasteiger partial charge in [0.05, 0.1) is 5.69 Å². The number of fused-ring (bicyclic) bond motifs is 9. The Balaban J connectivity index is 1.26. The normalized spacial score (nSPS) is 11.7.